The molecule has 2 unspecified atom stereocenters. The largest absolute Gasteiger partial charge is 0.504 e. The Morgan fingerprint density at radius 2 is 2.07 bits per heavy atom. The Bertz CT molecular complexity index is 1300. The van der Waals surface area contributed by atoms with Crippen molar-refractivity contribution < 1.29 is 9.50 Å². The van der Waals surface area contributed by atoms with Crippen molar-refractivity contribution in [3.05, 3.63) is 48.7 Å². The molecule has 158 valence electrons. The van der Waals surface area contributed by atoms with Crippen molar-refractivity contribution in [2.45, 2.75) is 64.0 Å². The van der Waals surface area contributed by atoms with Crippen molar-refractivity contribution in [1.82, 2.24) is 9.55 Å². The highest BCUT2D eigenvalue weighted by atomic mass is 32.1. The lowest BCUT2D eigenvalue weighted by atomic mass is 9.83. The van der Waals surface area contributed by atoms with Crippen LogP contribution in [0.4, 0.5) is 4.39 Å². The summed E-state index contributed by atoms with van der Waals surface area (Å²) in [5.41, 5.74) is 7.17. The zero-order valence-electron chi connectivity index (χ0n) is 16.9. The van der Waals surface area contributed by atoms with Gasteiger partial charge in [-0.2, -0.15) is 0 Å². The average molecular weight is 430 g/mol. The number of thiophene rings is 1. The van der Waals surface area contributed by atoms with Gasteiger partial charge in [0.1, 0.15) is 5.39 Å². The number of aromatic hydroxyl groups is 1. The number of phenolic OH excluding ortho intramolecular Hbond substituents is 1. The van der Waals surface area contributed by atoms with Crippen LogP contribution in [-0.2, 0) is 6.42 Å². The summed E-state index contributed by atoms with van der Waals surface area (Å²) in [5, 5.41) is 10.5. The lowest BCUT2D eigenvalue weighted by molar-refractivity contribution is 0.438. The summed E-state index contributed by atoms with van der Waals surface area (Å²) in [6.07, 6.45) is 4.60. The number of hydrogen-bond acceptors (Lipinski definition) is 5. The number of rotatable bonds is 3. The first-order valence-electron chi connectivity index (χ1n) is 10.4. The van der Waals surface area contributed by atoms with Crippen LogP contribution in [0.25, 0.3) is 21.3 Å². The molecule has 1 fully saturated rings. The number of nitrogens with zero attached hydrogens (tertiary/aromatic N) is 1. The van der Waals surface area contributed by atoms with Gasteiger partial charge in [-0.1, -0.05) is 0 Å². The van der Waals surface area contributed by atoms with Crippen LogP contribution in [0, 0.1) is 12.7 Å². The van der Waals surface area contributed by atoms with Crippen molar-refractivity contribution in [1.29, 1.82) is 0 Å². The van der Waals surface area contributed by atoms with Gasteiger partial charge in [-0.3, -0.25) is 14.3 Å². The second-order valence-corrected chi connectivity index (χ2v) is 9.73. The maximum absolute atomic E-state index is 15.4. The molecule has 2 heterocycles. The second-order valence-electron chi connectivity index (χ2n) is 8.59. The number of H-pyrrole nitrogens is 1. The molecular weight excluding hydrogens is 405 g/mol. The minimum atomic E-state index is -0.817. The van der Waals surface area contributed by atoms with Crippen molar-refractivity contribution >= 4 is 22.2 Å². The van der Waals surface area contributed by atoms with Gasteiger partial charge in [0.2, 0.25) is 0 Å². The molecular formula is C22H24FN3O3S. The Kier molecular flexibility index (Phi) is 4.41. The molecule has 2 aromatic heterocycles. The van der Waals surface area contributed by atoms with Crippen LogP contribution in [0.5, 0.6) is 5.75 Å². The third-order valence-corrected chi connectivity index (χ3v) is 7.72. The molecule has 4 N–H and O–H groups in total. The van der Waals surface area contributed by atoms with Crippen LogP contribution >= 0.6 is 11.3 Å². The Balaban J connectivity index is 1.83. The minimum absolute atomic E-state index is 0.000977. The first kappa shape index (κ1) is 19.5. The molecule has 0 aliphatic heterocycles. The topological polar surface area (TPSA) is 101 Å². The Morgan fingerprint density at radius 1 is 1.33 bits per heavy atom. The molecule has 0 saturated heterocycles. The molecule has 1 aromatic carbocycles. The minimum Gasteiger partial charge on any atom is -0.504 e. The highest BCUT2D eigenvalue weighted by molar-refractivity contribution is 7.15. The average Bonchev–Trinajstić information content (AvgIpc) is 3.43. The van der Waals surface area contributed by atoms with Crippen LogP contribution in [0.2, 0.25) is 0 Å². The molecule has 30 heavy (non-hydrogen) atoms. The summed E-state index contributed by atoms with van der Waals surface area (Å²) in [7, 11) is 0. The van der Waals surface area contributed by atoms with E-state index in [1.807, 2.05) is 13.0 Å². The van der Waals surface area contributed by atoms with E-state index in [9.17, 15) is 14.7 Å². The van der Waals surface area contributed by atoms with E-state index in [1.165, 1.54) is 20.8 Å². The summed E-state index contributed by atoms with van der Waals surface area (Å²) >= 11 is 1.51. The second kappa shape index (κ2) is 6.78. The first-order chi connectivity index (χ1) is 14.3. The molecule has 8 heteroatoms. The molecule has 2 atom stereocenters. The summed E-state index contributed by atoms with van der Waals surface area (Å²) in [4.78, 5) is 29.1. The molecule has 0 amide bonds. The van der Waals surface area contributed by atoms with Crippen molar-refractivity contribution in [3.8, 4) is 16.2 Å². The van der Waals surface area contributed by atoms with Crippen LogP contribution in [-0.4, -0.2) is 20.7 Å². The van der Waals surface area contributed by atoms with E-state index in [2.05, 4.69) is 4.98 Å². The third kappa shape index (κ3) is 2.77. The van der Waals surface area contributed by atoms with Gasteiger partial charge in [0.15, 0.2) is 11.6 Å². The summed E-state index contributed by atoms with van der Waals surface area (Å²) < 4.78 is 16.9. The van der Waals surface area contributed by atoms with E-state index in [4.69, 9.17) is 5.73 Å². The fourth-order valence-corrected chi connectivity index (χ4v) is 6.25. The molecule has 2 aliphatic carbocycles. The summed E-state index contributed by atoms with van der Waals surface area (Å²) in [6.45, 7) is 3.71. The number of hydrogen-bond donors (Lipinski definition) is 3. The van der Waals surface area contributed by atoms with E-state index in [1.54, 1.807) is 6.92 Å². The van der Waals surface area contributed by atoms with E-state index < -0.39 is 22.8 Å². The maximum atomic E-state index is 15.4. The van der Waals surface area contributed by atoms with E-state index in [-0.39, 0.29) is 29.0 Å². The smallest absolute Gasteiger partial charge is 0.329 e. The highest BCUT2D eigenvalue weighted by Gasteiger charge is 2.32. The van der Waals surface area contributed by atoms with E-state index in [0.717, 1.165) is 37.7 Å². The zero-order chi connectivity index (χ0) is 21.3. The van der Waals surface area contributed by atoms with Crippen molar-refractivity contribution in [2.24, 2.45) is 5.73 Å². The normalized spacial score (nSPS) is 19.8. The molecule has 5 rings (SSSR count). The molecule has 6 nitrogen and oxygen atoms in total. The predicted octanol–water partition coefficient (Wildman–Crippen LogP) is 3.67. The number of nitrogens with two attached hydrogens (primary N) is 1. The zero-order valence-corrected chi connectivity index (χ0v) is 17.7. The standard InChI is InChI=1S/C22H24FN3O3S/c1-9-16(15-8-13-12(10(2)24)4-3-5-14(13)30-15)18(23)20(27)17-19(9)26(11-6-7-11)22(29)25-21(17)28/h8,10-12,27H,3-7,24H2,1-2H3,(H,25,28,29). The fourth-order valence-electron chi connectivity index (χ4n) is 4.88. The molecule has 0 radical (unpaired) electrons. The number of nitrogens with one attached hydrogen (secondary N) is 1. The van der Waals surface area contributed by atoms with Crippen molar-refractivity contribution in [2.75, 3.05) is 0 Å². The monoisotopic (exact) mass is 429 g/mol. The van der Waals surface area contributed by atoms with Gasteiger partial charge in [-0.15, -0.1) is 11.3 Å². The van der Waals surface area contributed by atoms with E-state index >= 15 is 4.39 Å². The van der Waals surface area contributed by atoms with Gasteiger partial charge in [-0.05, 0) is 69.1 Å². The maximum Gasteiger partial charge on any atom is 0.329 e. The summed E-state index contributed by atoms with van der Waals surface area (Å²) in [6, 6.07) is 1.95. The lowest BCUT2D eigenvalue weighted by Crippen LogP contribution is -2.30. The number of aryl methyl sites for hydroxylation is 2. The molecule has 3 aromatic rings. The van der Waals surface area contributed by atoms with Crippen LogP contribution in [0.3, 0.4) is 0 Å². The number of aromatic nitrogens is 2. The number of benzene rings is 1. The highest BCUT2D eigenvalue weighted by Crippen LogP contribution is 2.47. The van der Waals surface area contributed by atoms with Gasteiger partial charge in [0, 0.05) is 27.4 Å². The molecule has 0 bridgehead atoms. The lowest BCUT2D eigenvalue weighted by Gasteiger charge is -2.25. The van der Waals surface area contributed by atoms with Gasteiger partial charge in [0.25, 0.3) is 5.56 Å². The van der Waals surface area contributed by atoms with Crippen LogP contribution in [0.15, 0.2) is 15.7 Å². The number of aromatic amines is 1. The van der Waals surface area contributed by atoms with Crippen LogP contribution < -0.4 is 17.0 Å². The molecule has 1 saturated carbocycles. The summed E-state index contributed by atoms with van der Waals surface area (Å²) in [5.74, 6) is -1.29. The SMILES string of the molecule is Cc1c(-c2cc3c(s2)CCCC3C(C)N)c(F)c(O)c2c(=O)[nH]c(=O)n(C3CC3)c12. The van der Waals surface area contributed by atoms with Gasteiger partial charge in [0.05, 0.1) is 5.52 Å². The predicted molar refractivity (Wildman–Crippen MR) is 116 cm³/mol. The van der Waals surface area contributed by atoms with Crippen LogP contribution in [0.1, 0.15) is 60.6 Å². The molecule has 0 spiro atoms. The number of halogens is 1. The fraction of sp³-hybridized carbons (Fsp3) is 0.455. The number of fused-ring (bicyclic) bond motifs is 2. The first-order valence-corrected chi connectivity index (χ1v) is 11.2. The molecule has 2 aliphatic rings. The van der Waals surface area contributed by atoms with Gasteiger partial charge >= 0.3 is 5.69 Å². The van der Waals surface area contributed by atoms with E-state index in [0.29, 0.717) is 16.0 Å². The number of phenols is 1. The Morgan fingerprint density at radius 3 is 2.73 bits per heavy atom. The Labute approximate surface area is 176 Å². The van der Waals surface area contributed by atoms with Gasteiger partial charge in [-0.25, -0.2) is 9.18 Å². The third-order valence-electron chi connectivity index (χ3n) is 6.49. The quantitative estimate of drug-likeness (QED) is 0.591. The Hall–Kier alpha value is -2.45. The van der Waals surface area contributed by atoms with Gasteiger partial charge < -0.3 is 10.8 Å². The van der Waals surface area contributed by atoms with Crippen molar-refractivity contribution in [3.63, 3.8) is 0 Å².